The second-order valence-electron chi connectivity index (χ2n) is 4.81. The quantitative estimate of drug-likeness (QED) is 0.888. The first-order chi connectivity index (χ1) is 10.1. The van der Waals surface area contributed by atoms with Crippen LogP contribution in [-0.4, -0.2) is 19.2 Å². The van der Waals surface area contributed by atoms with Gasteiger partial charge in [0.1, 0.15) is 0 Å². The number of anilines is 1. The number of hydrogen-bond donors (Lipinski definition) is 1. The highest BCUT2D eigenvalue weighted by atomic mass is 32.2. The van der Waals surface area contributed by atoms with Gasteiger partial charge in [0.25, 0.3) is 0 Å². The number of nitrogens with one attached hydrogen (secondary N) is 1. The molecule has 5 heteroatoms. The van der Waals surface area contributed by atoms with E-state index >= 15 is 0 Å². The van der Waals surface area contributed by atoms with E-state index in [1.807, 2.05) is 24.3 Å². The molecule has 112 valence electrons. The van der Waals surface area contributed by atoms with E-state index in [2.05, 4.69) is 17.2 Å². The van der Waals surface area contributed by atoms with Crippen LogP contribution in [-0.2, 0) is 9.84 Å². The molecule has 0 radical (unpaired) electrons. The Bertz CT molecular complexity index is 667. The standard InChI is InChI=1S/C16H20N2O2S/c1-3-16(13-9-11-17-12-10-13)18-14-5-7-15(8-6-14)21(19,20)4-2/h5-12,16,18H,3-4H2,1-2H3/t16-/m0/s1. The number of benzene rings is 1. The Morgan fingerprint density at radius 3 is 2.19 bits per heavy atom. The molecule has 0 amide bonds. The summed E-state index contributed by atoms with van der Waals surface area (Å²) in [5.41, 5.74) is 2.08. The van der Waals surface area contributed by atoms with Gasteiger partial charge in [0, 0.05) is 18.1 Å². The van der Waals surface area contributed by atoms with Crippen LogP contribution in [0.25, 0.3) is 0 Å². The molecular weight excluding hydrogens is 284 g/mol. The van der Waals surface area contributed by atoms with Crippen LogP contribution in [0.15, 0.2) is 53.7 Å². The predicted octanol–water partition coefficient (Wildman–Crippen LogP) is 3.44. The molecule has 4 nitrogen and oxygen atoms in total. The summed E-state index contributed by atoms with van der Waals surface area (Å²) in [6.07, 6.45) is 4.48. The fraction of sp³-hybridized carbons (Fsp3) is 0.312. The number of sulfone groups is 1. The lowest BCUT2D eigenvalue weighted by molar-refractivity contribution is 0.597. The molecule has 2 rings (SSSR count). The van der Waals surface area contributed by atoms with Crippen molar-refractivity contribution in [2.75, 3.05) is 11.1 Å². The Labute approximate surface area is 126 Å². The summed E-state index contributed by atoms with van der Waals surface area (Å²) < 4.78 is 23.6. The van der Waals surface area contributed by atoms with E-state index in [1.165, 1.54) is 0 Å². The Morgan fingerprint density at radius 2 is 1.67 bits per heavy atom. The van der Waals surface area contributed by atoms with E-state index in [0.717, 1.165) is 17.7 Å². The second kappa shape index (κ2) is 6.72. The topological polar surface area (TPSA) is 59.1 Å². The minimum atomic E-state index is -3.14. The molecule has 1 aromatic carbocycles. The summed E-state index contributed by atoms with van der Waals surface area (Å²) in [4.78, 5) is 4.39. The summed E-state index contributed by atoms with van der Waals surface area (Å²) >= 11 is 0. The van der Waals surface area contributed by atoms with Crippen LogP contribution in [0.2, 0.25) is 0 Å². The molecule has 1 heterocycles. The number of pyridine rings is 1. The van der Waals surface area contributed by atoms with E-state index in [1.54, 1.807) is 31.5 Å². The predicted molar refractivity (Wildman–Crippen MR) is 85.1 cm³/mol. The van der Waals surface area contributed by atoms with Crippen LogP contribution in [0.1, 0.15) is 31.9 Å². The van der Waals surface area contributed by atoms with E-state index in [9.17, 15) is 8.42 Å². The number of hydrogen-bond acceptors (Lipinski definition) is 4. The van der Waals surface area contributed by atoms with Crippen molar-refractivity contribution in [3.05, 3.63) is 54.4 Å². The minimum absolute atomic E-state index is 0.119. The molecule has 0 spiro atoms. The number of rotatable bonds is 6. The van der Waals surface area contributed by atoms with Crippen LogP contribution in [0.4, 0.5) is 5.69 Å². The average molecular weight is 304 g/mol. The zero-order valence-corrected chi connectivity index (χ0v) is 13.1. The van der Waals surface area contributed by atoms with Gasteiger partial charge in [-0.15, -0.1) is 0 Å². The molecule has 0 aliphatic heterocycles. The third kappa shape index (κ3) is 3.82. The summed E-state index contributed by atoms with van der Waals surface area (Å²) in [5, 5.41) is 3.42. The van der Waals surface area contributed by atoms with Crippen molar-refractivity contribution in [3.63, 3.8) is 0 Å². The minimum Gasteiger partial charge on any atom is -0.378 e. The van der Waals surface area contributed by atoms with Crippen molar-refractivity contribution in [1.29, 1.82) is 0 Å². The summed E-state index contributed by atoms with van der Waals surface area (Å²) in [6, 6.07) is 11.1. The van der Waals surface area contributed by atoms with Crippen molar-refractivity contribution in [3.8, 4) is 0 Å². The molecular formula is C16H20N2O2S. The largest absolute Gasteiger partial charge is 0.378 e. The lowest BCUT2D eigenvalue weighted by Crippen LogP contribution is -2.10. The first kappa shape index (κ1) is 15.5. The molecule has 0 aliphatic rings. The van der Waals surface area contributed by atoms with Gasteiger partial charge in [-0.1, -0.05) is 13.8 Å². The highest BCUT2D eigenvalue weighted by Gasteiger charge is 2.12. The van der Waals surface area contributed by atoms with E-state index in [4.69, 9.17) is 0 Å². The number of nitrogens with zero attached hydrogens (tertiary/aromatic N) is 1. The fourth-order valence-electron chi connectivity index (χ4n) is 2.14. The first-order valence-corrected chi connectivity index (χ1v) is 8.71. The summed E-state index contributed by atoms with van der Waals surface area (Å²) in [5.74, 6) is 0.119. The van der Waals surface area contributed by atoms with Crippen molar-refractivity contribution in [1.82, 2.24) is 4.98 Å². The van der Waals surface area contributed by atoms with Crippen molar-refractivity contribution in [2.45, 2.75) is 31.2 Å². The van der Waals surface area contributed by atoms with Crippen LogP contribution in [0.3, 0.4) is 0 Å². The van der Waals surface area contributed by atoms with Gasteiger partial charge in [-0.25, -0.2) is 8.42 Å². The molecule has 0 fully saturated rings. The molecule has 1 N–H and O–H groups in total. The van der Waals surface area contributed by atoms with Crippen molar-refractivity contribution < 1.29 is 8.42 Å². The maximum absolute atomic E-state index is 11.8. The zero-order valence-electron chi connectivity index (χ0n) is 12.3. The second-order valence-corrected chi connectivity index (χ2v) is 7.09. The van der Waals surface area contributed by atoms with Crippen LogP contribution >= 0.6 is 0 Å². The molecule has 0 bridgehead atoms. The molecule has 21 heavy (non-hydrogen) atoms. The van der Waals surface area contributed by atoms with Gasteiger partial charge in [-0.3, -0.25) is 4.98 Å². The lowest BCUT2D eigenvalue weighted by Gasteiger charge is -2.18. The van der Waals surface area contributed by atoms with E-state index in [0.29, 0.717) is 4.90 Å². The third-order valence-electron chi connectivity index (χ3n) is 3.45. The Kier molecular flexibility index (Phi) is 4.96. The van der Waals surface area contributed by atoms with Crippen molar-refractivity contribution in [2.24, 2.45) is 0 Å². The molecule has 0 unspecified atom stereocenters. The molecule has 2 aromatic rings. The van der Waals surface area contributed by atoms with Gasteiger partial charge in [-0.05, 0) is 48.4 Å². The lowest BCUT2D eigenvalue weighted by atomic mass is 10.1. The zero-order chi connectivity index (χ0) is 15.3. The SMILES string of the molecule is CC[C@H](Nc1ccc(S(=O)(=O)CC)cc1)c1ccncc1. The van der Waals surface area contributed by atoms with Crippen LogP contribution < -0.4 is 5.32 Å². The molecule has 0 saturated carbocycles. The van der Waals surface area contributed by atoms with Gasteiger partial charge in [-0.2, -0.15) is 0 Å². The fourth-order valence-corrected chi connectivity index (χ4v) is 3.03. The van der Waals surface area contributed by atoms with E-state index < -0.39 is 9.84 Å². The first-order valence-electron chi connectivity index (χ1n) is 7.06. The summed E-state index contributed by atoms with van der Waals surface area (Å²) in [7, 11) is -3.14. The smallest absolute Gasteiger partial charge is 0.178 e. The molecule has 1 atom stereocenters. The average Bonchev–Trinajstić information content (AvgIpc) is 2.54. The van der Waals surface area contributed by atoms with Gasteiger partial charge in [0.05, 0.1) is 16.7 Å². The highest BCUT2D eigenvalue weighted by Crippen LogP contribution is 2.23. The van der Waals surface area contributed by atoms with Crippen LogP contribution in [0.5, 0.6) is 0 Å². The third-order valence-corrected chi connectivity index (χ3v) is 5.20. The maximum atomic E-state index is 11.8. The Morgan fingerprint density at radius 1 is 1.05 bits per heavy atom. The number of aromatic nitrogens is 1. The van der Waals surface area contributed by atoms with Gasteiger partial charge < -0.3 is 5.32 Å². The van der Waals surface area contributed by atoms with Crippen LogP contribution in [0, 0.1) is 0 Å². The molecule has 0 aliphatic carbocycles. The van der Waals surface area contributed by atoms with Gasteiger partial charge in [0.15, 0.2) is 9.84 Å². The van der Waals surface area contributed by atoms with E-state index in [-0.39, 0.29) is 11.8 Å². The molecule has 0 saturated heterocycles. The van der Waals surface area contributed by atoms with Gasteiger partial charge in [0.2, 0.25) is 0 Å². The Hall–Kier alpha value is -1.88. The van der Waals surface area contributed by atoms with Crippen molar-refractivity contribution >= 4 is 15.5 Å². The maximum Gasteiger partial charge on any atom is 0.178 e. The Balaban J connectivity index is 2.16. The monoisotopic (exact) mass is 304 g/mol. The summed E-state index contributed by atoms with van der Waals surface area (Å²) in [6.45, 7) is 3.76. The highest BCUT2D eigenvalue weighted by molar-refractivity contribution is 7.91. The molecule has 1 aromatic heterocycles. The normalized spacial score (nSPS) is 12.9. The van der Waals surface area contributed by atoms with Gasteiger partial charge >= 0.3 is 0 Å².